The van der Waals surface area contributed by atoms with E-state index in [0.29, 0.717) is 17.4 Å². The zero-order valence-corrected chi connectivity index (χ0v) is 11.6. The van der Waals surface area contributed by atoms with Gasteiger partial charge in [0.15, 0.2) is 6.04 Å². The van der Waals surface area contributed by atoms with E-state index in [1.165, 1.54) is 18.1 Å². The maximum Gasteiger partial charge on any atom is 0.328 e. The summed E-state index contributed by atoms with van der Waals surface area (Å²) in [4.78, 5) is 25.0. The summed E-state index contributed by atoms with van der Waals surface area (Å²) in [7, 11) is 1.44. The molecule has 1 atom stereocenters. The molecule has 0 aliphatic carbocycles. The molecule has 0 aromatic heterocycles. The average Bonchev–Trinajstić information content (AvgIpc) is 2.46. The van der Waals surface area contributed by atoms with Gasteiger partial charge in [-0.15, -0.1) is 0 Å². The van der Waals surface area contributed by atoms with Crippen LogP contribution in [0.4, 0.5) is 0 Å². The molecule has 1 N–H and O–H groups in total. The fourth-order valence-electron chi connectivity index (χ4n) is 2.05. The van der Waals surface area contributed by atoms with Gasteiger partial charge in [-0.2, -0.15) is 0 Å². The van der Waals surface area contributed by atoms with E-state index in [0.717, 1.165) is 0 Å². The highest BCUT2D eigenvalue weighted by molar-refractivity contribution is 6.31. The maximum atomic E-state index is 12.5. The highest BCUT2D eigenvalue weighted by atomic mass is 35.5. The number of nitrogens with zero attached hydrogens (tertiary/aromatic N) is 1. The third kappa shape index (κ3) is 2.86. The van der Waals surface area contributed by atoms with E-state index in [2.05, 4.69) is 0 Å². The maximum absolute atomic E-state index is 12.5. The van der Waals surface area contributed by atoms with Crippen molar-refractivity contribution in [1.29, 1.82) is 0 Å². The minimum absolute atomic E-state index is 0.0239. The van der Waals surface area contributed by atoms with Crippen molar-refractivity contribution in [2.75, 3.05) is 26.9 Å². The van der Waals surface area contributed by atoms with Crippen molar-refractivity contribution in [2.45, 2.75) is 6.04 Å². The second kappa shape index (κ2) is 6.11. The van der Waals surface area contributed by atoms with Crippen molar-refractivity contribution in [2.24, 2.45) is 0 Å². The first-order valence-electron chi connectivity index (χ1n) is 5.99. The molecule has 0 radical (unpaired) electrons. The molecule has 0 spiro atoms. The van der Waals surface area contributed by atoms with Crippen molar-refractivity contribution < 1.29 is 24.2 Å². The van der Waals surface area contributed by atoms with Crippen LogP contribution in [-0.4, -0.2) is 54.8 Å². The first-order valence-corrected chi connectivity index (χ1v) is 6.37. The Morgan fingerprint density at radius 3 is 2.90 bits per heavy atom. The number of ether oxygens (including phenoxy) is 2. The SMILES string of the molecule is COc1ccc(Cl)cc1C(=O)N1CCOCC1C(=O)O. The number of morpholine rings is 1. The van der Waals surface area contributed by atoms with Crippen LogP contribution in [0.1, 0.15) is 10.4 Å². The van der Waals surface area contributed by atoms with Crippen LogP contribution in [0.15, 0.2) is 18.2 Å². The average molecular weight is 300 g/mol. The number of carbonyl (C=O) groups is 2. The largest absolute Gasteiger partial charge is 0.496 e. The number of hydrogen-bond acceptors (Lipinski definition) is 4. The first kappa shape index (κ1) is 14.6. The number of rotatable bonds is 3. The Labute approximate surface area is 120 Å². The molecule has 1 aliphatic heterocycles. The summed E-state index contributed by atoms with van der Waals surface area (Å²) in [5.74, 6) is -1.17. The lowest BCUT2D eigenvalue weighted by Crippen LogP contribution is -2.52. The number of halogens is 1. The quantitative estimate of drug-likeness (QED) is 0.910. The molecule has 108 valence electrons. The van der Waals surface area contributed by atoms with Crippen molar-refractivity contribution in [3.63, 3.8) is 0 Å². The van der Waals surface area contributed by atoms with Gasteiger partial charge in [-0.25, -0.2) is 4.79 Å². The highest BCUT2D eigenvalue weighted by Gasteiger charge is 2.34. The third-order valence-corrected chi connectivity index (χ3v) is 3.30. The summed E-state index contributed by atoms with van der Waals surface area (Å²) >= 11 is 5.89. The zero-order chi connectivity index (χ0) is 14.7. The smallest absolute Gasteiger partial charge is 0.328 e. The van der Waals surface area contributed by atoms with E-state index >= 15 is 0 Å². The molecular weight excluding hydrogens is 286 g/mol. The predicted molar refractivity (Wildman–Crippen MR) is 71.3 cm³/mol. The molecule has 1 fully saturated rings. The van der Waals surface area contributed by atoms with Gasteiger partial charge in [0, 0.05) is 11.6 Å². The summed E-state index contributed by atoms with van der Waals surface area (Å²) < 4.78 is 10.2. The number of carboxylic acids is 1. The third-order valence-electron chi connectivity index (χ3n) is 3.07. The second-order valence-corrected chi connectivity index (χ2v) is 4.71. The van der Waals surface area contributed by atoms with Crippen molar-refractivity contribution in [3.05, 3.63) is 28.8 Å². The van der Waals surface area contributed by atoms with E-state index in [4.69, 9.17) is 26.2 Å². The number of aliphatic carboxylic acids is 1. The summed E-state index contributed by atoms with van der Waals surface area (Å²) in [6.07, 6.45) is 0. The normalized spacial score (nSPS) is 18.7. The molecule has 0 bridgehead atoms. The van der Waals surface area contributed by atoms with Crippen LogP contribution in [0.5, 0.6) is 5.75 Å². The fourth-order valence-corrected chi connectivity index (χ4v) is 2.23. The molecule has 1 unspecified atom stereocenters. The minimum atomic E-state index is -1.10. The molecule has 6 nitrogen and oxygen atoms in total. The lowest BCUT2D eigenvalue weighted by atomic mass is 10.1. The summed E-state index contributed by atoms with van der Waals surface area (Å²) in [6.45, 7) is 0.494. The Morgan fingerprint density at radius 1 is 1.50 bits per heavy atom. The lowest BCUT2D eigenvalue weighted by molar-refractivity contribution is -0.147. The Morgan fingerprint density at radius 2 is 2.25 bits per heavy atom. The van der Waals surface area contributed by atoms with E-state index in [1.54, 1.807) is 12.1 Å². The summed E-state index contributed by atoms with van der Waals surface area (Å²) in [5, 5.41) is 9.54. The topological polar surface area (TPSA) is 76.1 Å². The standard InChI is InChI=1S/C13H14ClNO5/c1-19-11-3-2-8(14)6-9(11)12(16)15-4-5-20-7-10(15)13(17)18/h2-3,6,10H,4-5,7H2,1H3,(H,17,18). The van der Waals surface area contributed by atoms with Gasteiger partial charge in [0.2, 0.25) is 0 Å². The molecule has 0 saturated carbocycles. The number of hydrogen-bond donors (Lipinski definition) is 1. The zero-order valence-electron chi connectivity index (χ0n) is 10.8. The number of benzene rings is 1. The molecule has 20 heavy (non-hydrogen) atoms. The Kier molecular flexibility index (Phi) is 4.46. The number of carboxylic acid groups (broad SMARTS) is 1. The van der Waals surface area contributed by atoms with Gasteiger partial charge in [0.25, 0.3) is 5.91 Å². The number of methoxy groups -OCH3 is 1. The van der Waals surface area contributed by atoms with Gasteiger partial charge in [-0.1, -0.05) is 11.6 Å². The van der Waals surface area contributed by atoms with Crippen LogP contribution in [0.2, 0.25) is 5.02 Å². The molecule has 1 aliphatic rings. The van der Waals surface area contributed by atoms with Gasteiger partial charge in [0.05, 0.1) is 25.9 Å². The van der Waals surface area contributed by atoms with E-state index < -0.39 is 17.9 Å². The van der Waals surface area contributed by atoms with Crippen molar-refractivity contribution in [1.82, 2.24) is 4.90 Å². The van der Waals surface area contributed by atoms with Gasteiger partial charge in [-0.3, -0.25) is 4.79 Å². The molecule has 2 rings (SSSR count). The Bertz CT molecular complexity index is 533. The molecule has 1 heterocycles. The van der Waals surface area contributed by atoms with Gasteiger partial charge >= 0.3 is 5.97 Å². The molecule has 1 aromatic carbocycles. The fraction of sp³-hybridized carbons (Fsp3) is 0.385. The first-order chi connectivity index (χ1) is 9.54. The van der Waals surface area contributed by atoms with Crippen molar-refractivity contribution >= 4 is 23.5 Å². The van der Waals surface area contributed by atoms with E-state index in [9.17, 15) is 9.59 Å². The van der Waals surface area contributed by atoms with Crippen LogP contribution < -0.4 is 4.74 Å². The van der Waals surface area contributed by atoms with E-state index in [1.807, 2.05) is 0 Å². The van der Waals surface area contributed by atoms with Crippen LogP contribution in [-0.2, 0) is 9.53 Å². The van der Waals surface area contributed by atoms with Gasteiger partial charge in [-0.05, 0) is 18.2 Å². The monoisotopic (exact) mass is 299 g/mol. The predicted octanol–water partition coefficient (Wildman–Crippen LogP) is 1.27. The molecular formula is C13H14ClNO5. The minimum Gasteiger partial charge on any atom is -0.496 e. The number of carbonyl (C=O) groups excluding carboxylic acids is 1. The van der Waals surface area contributed by atoms with Crippen LogP contribution in [0.3, 0.4) is 0 Å². The second-order valence-electron chi connectivity index (χ2n) is 4.27. The Hall–Kier alpha value is -1.79. The van der Waals surface area contributed by atoms with Crippen LogP contribution in [0.25, 0.3) is 0 Å². The highest BCUT2D eigenvalue weighted by Crippen LogP contribution is 2.25. The molecule has 7 heteroatoms. The molecule has 1 saturated heterocycles. The van der Waals surface area contributed by atoms with Gasteiger partial charge < -0.3 is 19.5 Å². The van der Waals surface area contributed by atoms with E-state index in [-0.39, 0.29) is 18.7 Å². The Balaban J connectivity index is 2.34. The summed E-state index contributed by atoms with van der Waals surface area (Å²) in [5.41, 5.74) is 0.244. The molecule has 1 amide bonds. The van der Waals surface area contributed by atoms with Gasteiger partial charge in [0.1, 0.15) is 5.75 Å². The lowest BCUT2D eigenvalue weighted by Gasteiger charge is -2.33. The summed E-state index contributed by atoms with van der Waals surface area (Å²) in [6, 6.07) is 3.65. The van der Waals surface area contributed by atoms with Crippen molar-refractivity contribution in [3.8, 4) is 5.75 Å². The molecule has 1 aromatic rings. The van der Waals surface area contributed by atoms with Crippen LogP contribution >= 0.6 is 11.6 Å². The number of amides is 1. The van der Waals surface area contributed by atoms with Crippen LogP contribution in [0, 0.1) is 0 Å².